The molecule has 0 spiro atoms. The van der Waals surface area contributed by atoms with Gasteiger partial charge < -0.3 is 10.1 Å². The Morgan fingerprint density at radius 2 is 2.06 bits per heavy atom. The molecule has 17 heavy (non-hydrogen) atoms. The fraction of sp³-hybridized carbons (Fsp3) is 0.571. The van der Waals surface area contributed by atoms with Crippen molar-refractivity contribution in [2.75, 3.05) is 13.7 Å². The summed E-state index contributed by atoms with van der Waals surface area (Å²) in [6.07, 6.45) is 1.14. The molecule has 0 aliphatic heterocycles. The molecule has 0 amide bonds. The van der Waals surface area contributed by atoms with Crippen LogP contribution in [0.15, 0.2) is 22.7 Å². The van der Waals surface area contributed by atoms with Gasteiger partial charge >= 0.3 is 0 Å². The zero-order chi connectivity index (χ0) is 12.8. The number of ether oxygens (including phenoxy) is 1. The van der Waals surface area contributed by atoms with E-state index in [0.29, 0.717) is 18.6 Å². The molecule has 2 atom stereocenters. The molecule has 0 radical (unpaired) electrons. The van der Waals surface area contributed by atoms with Gasteiger partial charge in [0.25, 0.3) is 0 Å². The standard InChI is InChI=1S/C14H22BrNO/c1-5-10(3)14(16-4)12-9-11(15)7-8-13(12)17-6-2/h7-10,14,16H,5-6H2,1-4H3. The summed E-state index contributed by atoms with van der Waals surface area (Å²) in [5.41, 5.74) is 1.23. The Hall–Kier alpha value is -0.540. The Morgan fingerprint density at radius 3 is 2.59 bits per heavy atom. The van der Waals surface area contributed by atoms with Gasteiger partial charge in [-0.2, -0.15) is 0 Å². The summed E-state index contributed by atoms with van der Waals surface area (Å²) < 4.78 is 6.81. The highest BCUT2D eigenvalue weighted by atomic mass is 79.9. The van der Waals surface area contributed by atoms with Crippen LogP contribution in [-0.2, 0) is 0 Å². The van der Waals surface area contributed by atoms with Crippen molar-refractivity contribution < 1.29 is 4.74 Å². The average molecular weight is 300 g/mol. The normalized spacial score (nSPS) is 14.4. The molecule has 0 saturated carbocycles. The Balaban J connectivity index is 3.10. The molecule has 0 aromatic heterocycles. The Kier molecular flexibility index (Phi) is 6.00. The van der Waals surface area contributed by atoms with E-state index in [-0.39, 0.29) is 0 Å². The van der Waals surface area contributed by atoms with Gasteiger partial charge in [0.15, 0.2) is 0 Å². The van der Waals surface area contributed by atoms with Crippen molar-refractivity contribution in [3.05, 3.63) is 28.2 Å². The van der Waals surface area contributed by atoms with Gasteiger partial charge in [-0.05, 0) is 38.1 Å². The van der Waals surface area contributed by atoms with Gasteiger partial charge in [-0.3, -0.25) is 0 Å². The number of benzene rings is 1. The zero-order valence-corrected chi connectivity index (χ0v) is 12.7. The van der Waals surface area contributed by atoms with Gasteiger partial charge in [0.1, 0.15) is 5.75 Å². The van der Waals surface area contributed by atoms with Crippen LogP contribution in [0, 0.1) is 5.92 Å². The van der Waals surface area contributed by atoms with Gasteiger partial charge in [-0.1, -0.05) is 36.2 Å². The van der Waals surface area contributed by atoms with E-state index >= 15 is 0 Å². The zero-order valence-electron chi connectivity index (χ0n) is 11.1. The van der Waals surface area contributed by atoms with Crippen LogP contribution >= 0.6 is 15.9 Å². The van der Waals surface area contributed by atoms with E-state index in [2.05, 4.69) is 41.2 Å². The van der Waals surface area contributed by atoms with E-state index in [1.54, 1.807) is 0 Å². The molecular weight excluding hydrogens is 278 g/mol. The summed E-state index contributed by atoms with van der Waals surface area (Å²) in [7, 11) is 2.01. The highest BCUT2D eigenvalue weighted by Gasteiger charge is 2.20. The molecule has 0 saturated heterocycles. The quantitative estimate of drug-likeness (QED) is 0.852. The topological polar surface area (TPSA) is 21.3 Å². The highest BCUT2D eigenvalue weighted by molar-refractivity contribution is 9.10. The minimum atomic E-state index is 0.332. The van der Waals surface area contributed by atoms with Crippen LogP contribution < -0.4 is 10.1 Å². The predicted octanol–water partition coefficient (Wildman–Crippen LogP) is 4.15. The molecule has 1 aromatic carbocycles. The van der Waals surface area contributed by atoms with E-state index in [9.17, 15) is 0 Å². The van der Waals surface area contributed by atoms with Crippen molar-refractivity contribution in [1.29, 1.82) is 0 Å². The second kappa shape index (κ2) is 7.02. The Morgan fingerprint density at radius 1 is 1.35 bits per heavy atom. The van der Waals surface area contributed by atoms with Crippen LogP contribution in [0.3, 0.4) is 0 Å². The summed E-state index contributed by atoms with van der Waals surface area (Å²) in [4.78, 5) is 0. The molecule has 2 nitrogen and oxygen atoms in total. The van der Waals surface area contributed by atoms with Crippen molar-refractivity contribution in [3.8, 4) is 5.75 Å². The van der Waals surface area contributed by atoms with E-state index in [1.807, 2.05) is 26.1 Å². The molecule has 0 aliphatic rings. The second-order valence-corrected chi connectivity index (χ2v) is 5.18. The lowest BCUT2D eigenvalue weighted by atomic mass is 9.92. The van der Waals surface area contributed by atoms with Crippen molar-refractivity contribution in [3.63, 3.8) is 0 Å². The number of hydrogen-bond acceptors (Lipinski definition) is 2. The van der Waals surface area contributed by atoms with Crippen LogP contribution in [0.5, 0.6) is 5.75 Å². The van der Waals surface area contributed by atoms with Crippen LogP contribution in [0.2, 0.25) is 0 Å². The van der Waals surface area contributed by atoms with Crippen molar-refractivity contribution in [1.82, 2.24) is 5.32 Å². The van der Waals surface area contributed by atoms with Crippen molar-refractivity contribution in [2.45, 2.75) is 33.2 Å². The lowest BCUT2D eigenvalue weighted by molar-refractivity contribution is 0.320. The first-order valence-electron chi connectivity index (χ1n) is 6.23. The van der Waals surface area contributed by atoms with Crippen LogP contribution in [0.1, 0.15) is 38.8 Å². The number of hydrogen-bond donors (Lipinski definition) is 1. The molecule has 0 fully saturated rings. The van der Waals surface area contributed by atoms with Crippen molar-refractivity contribution >= 4 is 15.9 Å². The fourth-order valence-corrected chi connectivity index (χ4v) is 2.41. The average Bonchev–Trinajstić information content (AvgIpc) is 2.33. The van der Waals surface area contributed by atoms with Crippen molar-refractivity contribution in [2.24, 2.45) is 5.92 Å². The molecule has 1 aromatic rings. The smallest absolute Gasteiger partial charge is 0.124 e. The van der Waals surface area contributed by atoms with E-state index < -0.39 is 0 Å². The third-order valence-corrected chi connectivity index (χ3v) is 3.62. The first kappa shape index (κ1) is 14.5. The lowest BCUT2D eigenvalue weighted by Crippen LogP contribution is -2.23. The molecule has 96 valence electrons. The van der Waals surface area contributed by atoms with Gasteiger partial charge in [0, 0.05) is 16.1 Å². The van der Waals surface area contributed by atoms with Crippen LogP contribution in [0.25, 0.3) is 0 Å². The number of halogens is 1. The molecule has 2 unspecified atom stereocenters. The summed E-state index contributed by atoms with van der Waals surface area (Å²) in [5, 5.41) is 3.39. The van der Waals surface area contributed by atoms with Gasteiger partial charge in [-0.15, -0.1) is 0 Å². The SMILES string of the molecule is CCOc1ccc(Br)cc1C(NC)C(C)CC. The third kappa shape index (κ3) is 3.71. The molecule has 3 heteroatoms. The summed E-state index contributed by atoms with van der Waals surface area (Å²) in [5.74, 6) is 1.56. The first-order valence-corrected chi connectivity index (χ1v) is 7.02. The Bertz CT molecular complexity index is 354. The molecular formula is C14H22BrNO. The van der Waals surface area contributed by atoms with E-state index in [0.717, 1.165) is 16.6 Å². The number of rotatable bonds is 6. The maximum atomic E-state index is 5.71. The minimum absolute atomic E-state index is 0.332. The van der Waals surface area contributed by atoms with Crippen LogP contribution in [0.4, 0.5) is 0 Å². The minimum Gasteiger partial charge on any atom is -0.494 e. The maximum absolute atomic E-state index is 5.71. The van der Waals surface area contributed by atoms with Crippen LogP contribution in [-0.4, -0.2) is 13.7 Å². The predicted molar refractivity (Wildman–Crippen MR) is 76.6 cm³/mol. The fourth-order valence-electron chi connectivity index (χ4n) is 2.03. The molecule has 1 rings (SSSR count). The maximum Gasteiger partial charge on any atom is 0.124 e. The Labute approximate surface area is 113 Å². The van der Waals surface area contributed by atoms with Gasteiger partial charge in [-0.25, -0.2) is 0 Å². The third-order valence-electron chi connectivity index (χ3n) is 3.13. The highest BCUT2D eigenvalue weighted by Crippen LogP contribution is 2.33. The van der Waals surface area contributed by atoms with Gasteiger partial charge in [0.05, 0.1) is 6.61 Å². The number of nitrogens with one attached hydrogen (secondary N) is 1. The monoisotopic (exact) mass is 299 g/mol. The van der Waals surface area contributed by atoms with Gasteiger partial charge in [0.2, 0.25) is 0 Å². The second-order valence-electron chi connectivity index (χ2n) is 4.27. The molecule has 1 N–H and O–H groups in total. The summed E-state index contributed by atoms with van der Waals surface area (Å²) in [6.45, 7) is 7.19. The first-order chi connectivity index (χ1) is 8.13. The molecule has 0 heterocycles. The summed E-state index contributed by atoms with van der Waals surface area (Å²) >= 11 is 3.53. The summed E-state index contributed by atoms with van der Waals surface area (Å²) in [6, 6.07) is 6.55. The largest absolute Gasteiger partial charge is 0.494 e. The molecule has 0 bridgehead atoms. The molecule has 0 aliphatic carbocycles. The van der Waals surface area contributed by atoms with E-state index in [1.165, 1.54) is 5.56 Å². The lowest BCUT2D eigenvalue weighted by Gasteiger charge is -2.25. The van der Waals surface area contributed by atoms with E-state index in [4.69, 9.17) is 4.74 Å².